The lowest BCUT2D eigenvalue weighted by molar-refractivity contribution is 0.0155. The molecule has 0 bridgehead atoms. The molecule has 1 aliphatic rings. The Morgan fingerprint density at radius 1 is 1.45 bits per heavy atom. The lowest BCUT2D eigenvalue weighted by atomic mass is 10.0. The Hall–Kier alpha value is -1.66. The van der Waals surface area contributed by atoms with Gasteiger partial charge in [0.1, 0.15) is 11.5 Å². The van der Waals surface area contributed by atoms with Crippen LogP contribution in [0.15, 0.2) is 21.9 Å². The molecule has 0 saturated heterocycles. The van der Waals surface area contributed by atoms with E-state index in [9.17, 15) is 9.90 Å². The van der Waals surface area contributed by atoms with Gasteiger partial charge in [-0.3, -0.25) is 4.79 Å². The SMILES string of the molecule is Cc1ccc(-c2nc(C(=O)N(C)CC3(O)CCCC3)cs2)o1. The highest BCUT2D eigenvalue weighted by Gasteiger charge is 2.34. The molecule has 0 unspecified atom stereocenters. The second-order valence-corrected chi connectivity index (χ2v) is 6.90. The molecule has 0 atom stereocenters. The first kappa shape index (κ1) is 15.2. The van der Waals surface area contributed by atoms with Gasteiger partial charge in [-0.15, -0.1) is 11.3 Å². The van der Waals surface area contributed by atoms with Gasteiger partial charge in [-0.05, 0) is 31.9 Å². The summed E-state index contributed by atoms with van der Waals surface area (Å²) in [5.74, 6) is 1.34. The minimum absolute atomic E-state index is 0.161. The van der Waals surface area contributed by atoms with Gasteiger partial charge in [0.15, 0.2) is 10.8 Å². The Morgan fingerprint density at radius 3 is 2.82 bits per heavy atom. The maximum absolute atomic E-state index is 12.5. The van der Waals surface area contributed by atoms with Crippen LogP contribution in [0.5, 0.6) is 0 Å². The summed E-state index contributed by atoms with van der Waals surface area (Å²) in [4.78, 5) is 18.4. The van der Waals surface area contributed by atoms with Crippen LogP contribution in [0.3, 0.4) is 0 Å². The molecule has 0 aliphatic heterocycles. The molecule has 0 spiro atoms. The van der Waals surface area contributed by atoms with Crippen molar-refractivity contribution in [1.82, 2.24) is 9.88 Å². The number of nitrogens with zero attached hydrogens (tertiary/aromatic N) is 2. The predicted octanol–water partition coefficient (Wildman–Crippen LogP) is 3.09. The number of carbonyl (C=O) groups excluding carboxylic acids is 1. The number of amides is 1. The molecule has 1 N–H and O–H groups in total. The van der Waals surface area contributed by atoms with Crippen molar-refractivity contribution in [2.24, 2.45) is 0 Å². The highest BCUT2D eigenvalue weighted by Crippen LogP contribution is 2.31. The summed E-state index contributed by atoms with van der Waals surface area (Å²) in [6.45, 7) is 2.23. The summed E-state index contributed by atoms with van der Waals surface area (Å²) in [5, 5.41) is 12.9. The van der Waals surface area contributed by atoms with E-state index in [0.29, 0.717) is 23.0 Å². The Morgan fingerprint density at radius 2 is 2.18 bits per heavy atom. The van der Waals surface area contributed by atoms with Gasteiger partial charge in [0.05, 0.1) is 5.60 Å². The van der Waals surface area contributed by atoms with Crippen LogP contribution in [0.4, 0.5) is 0 Å². The Bertz CT molecular complexity index is 670. The number of carbonyl (C=O) groups is 1. The van der Waals surface area contributed by atoms with Crippen LogP contribution >= 0.6 is 11.3 Å². The highest BCUT2D eigenvalue weighted by molar-refractivity contribution is 7.13. The number of aliphatic hydroxyl groups is 1. The van der Waals surface area contributed by atoms with Crippen LogP contribution in [-0.2, 0) is 0 Å². The fourth-order valence-electron chi connectivity index (χ4n) is 2.93. The molecule has 22 heavy (non-hydrogen) atoms. The van der Waals surface area contributed by atoms with Gasteiger partial charge in [0.2, 0.25) is 0 Å². The standard InChI is InChI=1S/C16H20N2O3S/c1-11-5-6-13(21-11)14-17-12(9-22-14)15(19)18(2)10-16(20)7-3-4-8-16/h5-6,9,20H,3-4,7-8,10H2,1-2H3. The molecule has 2 heterocycles. The Kier molecular flexibility index (Phi) is 4.06. The topological polar surface area (TPSA) is 66.6 Å². The van der Waals surface area contributed by atoms with Gasteiger partial charge in [0.25, 0.3) is 5.91 Å². The van der Waals surface area contributed by atoms with E-state index in [2.05, 4.69) is 4.98 Å². The van der Waals surface area contributed by atoms with Crippen molar-refractivity contribution in [3.8, 4) is 10.8 Å². The minimum atomic E-state index is -0.735. The van der Waals surface area contributed by atoms with Crippen LogP contribution < -0.4 is 0 Å². The number of hydrogen-bond donors (Lipinski definition) is 1. The van der Waals surface area contributed by atoms with Crippen LogP contribution in [0.25, 0.3) is 10.8 Å². The van der Waals surface area contributed by atoms with Crippen molar-refractivity contribution in [3.05, 3.63) is 29.0 Å². The number of furan rings is 1. The molecule has 0 radical (unpaired) electrons. The first-order valence-corrected chi connectivity index (χ1v) is 8.35. The maximum atomic E-state index is 12.5. The number of thiazole rings is 1. The summed E-state index contributed by atoms with van der Waals surface area (Å²) < 4.78 is 5.53. The van der Waals surface area contributed by atoms with Crippen LogP contribution in [0, 0.1) is 6.92 Å². The van der Waals surface area contributed by atoms with E-state index in [1.54, 1.807) is 17.3 Å². The van der Waals surface area contributed by atoms with Crippen molar-refractivity contribution in [2.45, 2.75) is 38.2 Å². The summed E-state index contributed by atoms with van der Waals surface area (Å²) >= 11 is 1.39. The molecular weight excluding hydrogens is 300 g/mol. The van der Waals surface area contributed by atoms with Gasteiger partial charge in [0, 0.05) is 19.0 Å². The molecular formula is C16H20N2O3S. The summed E-state index contributed by atoms with van der Waals surface area (Å²) in [5.41, 5.74) is -0.334. The van der Waals surface area contributed by atoms with E-state index < -0.39 is 5.60 Å². The molecule has 3 rings (SSSR count). The molecule has 2 aromatic heterocycles. The van der Waals surface area contributed by atoms with E-state index in [1.165, 1.54) is 11.3 Å². The zero-order chi connectivity index (χ0) is 15.7. The highest BCUT2D eigenvalue weighted by atomic mass is 32.1. The average molecular weight is 320 g/mol. The van der Waals surface area contributed by atoms with Gasteiger partial charge in [-0.1, -0.05) is 12.8 Å². The van der Waals surface area contributed by atoms with Crippen LogP contribution in [0.2, 0.25) is 0 Å². The molecule has 118 valence electrons. The summed E-state index contributed by atoms with van der Waals surface area (Å²) in [6.07, 6.45) is 3.58. The quantitative estimate of drug-likeness (QED) is 0.940. The predicted molar refractivity (Wildman–Crippen MR) is 84.9 cm³/mol. The second kappa shape index (κ2) is 5.85. The lowest BCUT2D eigenvalue weighted by Gasteiger charge is -2.28. The molecule has 1 saturated carbocycles. The lowest BCUT2D eigenvalue weighted by Crippen LogP contribution is -2.42. The average Bonchev–Trinajstić information content (AvgIpc) is 3.18. The van der Waals surface area contributed by atoms with Crippen LogP contribution in [0.1, 0.15) is 41.9 Å². The van der Waals surface area contributed by atoms with Crippen molar-refractivity contribution in [1.29, 1.82) is 0 Å². The van der Waals surface area contributed by atoms with Crippen LogP contribution in [-0.4, -0.2) is 40.1 Å². The molecule has 1 aliphatic carbocycles. The van der Waals surface area contributed by atoms with Crippen molar-refractivity contribution >= 4 is 17.2 Å². The molecule has 0 aromatic carbocycles. The second-order valence-electron chi connectivity index (χ2n) is 6.04. The fraction of sp³-hybridized carbons (Fsp3) is 0.500. The number of rotatable bonds is 4. The van der Waals surface area contributed by atoms with E-state index >= 15 is 0 Å². The first-order valence-electron chi connectivity index (χ1n) is 7.47. The monoisotopic (exact) mass is 320 g/mol. The molecule has 2 aromatic rings. The fourth-order valence-corrected chi connectivity index (χ4v) is 3.69. The number of aryl methyl sites for hydroxylation is 1. The molecule has 5 nitrogen and oxygen atoms in total. The van der Waals surface area contributed by atoms with E-state index in [4.69, 9.17) is 4.42 Å². The van der Waals surface area contributed by atoms with Crippen molar-refractivity contribution < 1.29 is 14.3 Å². The smallest absolute Gasteiger partial charge is 0.273 e. The summed E-state index contributed by atoms with van der Waals surface area (Å²) in [7, 11) is 1.72. The molecule has 1 fully saturated rings. The van der Waals surface area contributed by atoms with Gasteiger partial charge < -0.3 is 14.4 Å². The number of aromatic nitrogens is 1. The maximum Gasteiger partial charge on any atom is 0.273 e. The minimum Gasteiger partial charge on any atom is -0.459 e. The van der Waals surface area contributed by atoms with Crippen molar-refractivity contribution in [3.63, 3.8) is 0 Å². The Labute approximate surface area is 133 Å². The van der Waals surface area contributed by atoms with E-state index in [0.717, 1.165) is 31.4 Å². The van der Waals surface area contributed by atoms with Gasteiger partial charge >= 0.3 is 0 Å². The molecule has 6 heteroatoms. The van der Waals surface area contributed by atoms with Crippen molar-refractivity contribution in [2.75, 3.05) is 13.6 Å². The third-order valence-electron chi connectivity index (χ3n) is 4.09. The first-order chi connectivity index (χ1) is 10.5. The zero-order valence-electron chi connectivity index (χ0n) is 12.8. The largest absolute Gasteiger partial charge is 0.459 e. The van der Waals surface area contributed by atoms with E-state index in [-0.39, 0.29) is 5.91 Å². The zero-order valence-corrected chi connectivity index (χ0v) is 13.7. The number of hydrogen-bond acceptors (Lipinski definition) is 5. The summed E-state index contributed by atoms with van der Waals surface area (Å²) in [6, 6.07) is 3.73. The van der Waals surface area contributed by atoms with E-state index in [1.807, 2.05) is 19.1 Å². The third kappa shape index (κ3) is 3.08. The van der Waals surface area contributed by atoms with Gasteiger partial charge in [-0.2, -0.15) is 0 Å². The molecule has 1 amide bonds. The Balaban J connectivity index is 1.71. The number of likely N-dealkylation sites (N-methyl/N-ethyl adjacent to an activating group) is 1. The third-order valence-corrected chi connectivity index (χ3v) is 4.94. The normalized spacial score (nSPS) is 16.9. The van der Waals surface area contributed by atoms with Gasteiger partial charge in [-0.25, -0.2) is 4.98 Å².